The van der Waals surface area contributed by atoms with Crippen LogP contribution in [0.3, 0.4) is 0 Å². The number of benzene rings is 2. The normalized spacial score (nSPS) is 14.4. The Morgan fingerprint density at radius 2 is 1.73 bits per heavy atom. The zero-order chi connectivity index (χ0) is 25.6. The average Bonchev–Trinajstić information content (AvgIpc) is 2.93. The average molecular weight is 492 g/mol. The summed E-state index contributed by atoms with van der Waals surface area (Å²) in [6, 6.07) is 20.1. The third-order valence-electron chi connectivity index (χ3n) is 6.98. The molecular formula is C31H33N5O. The van der Waals surface area contributed by atoms with Gasteiger partial charge in [0.2, 0.25) is 0 Å². The number of aryl methyl sites for hydroxylation is 1. The van der Waals surface area contributed by atoms with Gasteiger partial charge >= 0.3 is 0 Å². The van der Waals surface area contributed by atoms with Crippen LogP contribution in [0.15, 0.2) is 79.3 Å². The molecule has 6 nitrogen and oxygen atoms in total. The van der Waals surface area contributed by atoms with Crippen LogP contribution in [0, 0.1) is 12.8 Å². The number of anilines is 1. The highest BCUT2D eigenvalue weighted by Crippen LogP contribution is 2.22. The number of nitrogens with zero attached hydrogens (tertiary/aromatic N) is 4. The van der Waals surface area contributed by atoms with Crippen LogP contribution in [0.25, 0.3) is 11.3 Å². The van der Waals surface area contributed by atoms with Crippen molar-refractivity contribution < 1.29 is 4.79 Å². The number of likely N-dealkylation sites (tertiary alicyclic amines) is 1. The zero-order valence-electron chi connectivity index (χ0n) is 21.5. The SMILES string of the molecule is Cc1cnc(Cc2cncc(C(=O)Nc3ccc(CN4CCC(C)CC4)cc3)c2)nc1-c1ccccc1. The van der Waals surface area contributed by atoms with E-state index in [1.807, 2.05) is 61.7 Å². The Labute approximate surface area is 218 Å². The number of carbonyl (C=O) groups is 1. The van der Waals surface area contributed by atoms with Crippen LogP contribution in [0.1, 0.15) is 52.6 Å². The van der Waals surface area contributed by atoms with Crippen LogP contribution in [-0.2, 0) is 13.0 Å². The Bertz CT molecular complexity index is 1350. The molecule has 0 aliphatic carbocycles. The largest absolute Gasteiger partial charge is 0.322 e. The number of amides is 1. The van der Waals surface area contributed by atoms with Gasteiger partial charge in [0.25, 0.3) is 5.91 Å². The first-order valence-corrected chi connectivity index (χ1v) is 13.0. The predicted molar refractivity (Wildman–Crippen MR) is 147 cm³/mol. The molecule has 6 heteroatoms. The van der Waals surface area contributed by atoms with Gasteiger partial charge in [-0.3, -0.25) is 14.7 Å². The molecule has 2 aromatic heterocycles. The lowest BCUT2D eigenvalue weighted by Crippen LogP contribution is -2.32. The molecule has 0 saturated carbocycles. The Kier molecular flexibility index (Phi) is 7.66. The van der Waals surface area contributed by atoms with Crippen molar-refractivity contribution in [2.24, 2.45) is 5.92 Å². The molecule has 188 valence electrons. The molecular weight excluding hydrogens is 458 g/mol. The van der Waals surface area contributed by atoms with Gasteiger partial charge in [-0.1, -0.05) is 49.4 Å². The molecule has 3 heterocycles. The van der Waals surface area contributed by atoms with E-state index in [9.17, 15) is 4.79 Å². The Balaban J connectivity index is 1.22. The molecule has 1 N–H and O–H groups in total. The van der Waals surface area contributed by atoms with E-state index < -0.39 is 0 Å². The maximum atomic E-state index is 12.9. The minimum absolute atomic E-state index is 0.179. The van der Waals surface area contributed by atoms with Gasteiger partial charge in [-0.05, 0) is 73.7 Å². The van der Waals surface area contributed by atoms with E-state index in [1.54, 1.807) is 12.4 Å². The standard InChI is InChI=1S/C31H33N5O/c1-22-12-14-36(15-13-22)21-24-8-10-28(11-9-24)34-31(37)27-16-25(19-32-20-27)17-29-33-18-23(2)30(35-29)26-6-4-3-5-7-26/h3-11,16,18-20,22H,12-15,17,21H2,1-2H3,(H,34,37). The summed E-state index contributed by atoms with van der Waals surface area (Å²) >= 11 is 0. The number of nitrogens with one attached hydrogen (secondary N) is 1. The summed E-state index contributed by atoms with van der Waals surface area (Å²) in [7, 11) is 0. The highest BCUT2D eigenvalue weighted by molar-refractivity contribution is 6.04. The van der Waals surface area contributed by atoms with Gasteiger partial charge in [-0.25, -0.2) is 9.97 Å². The third kappa shape index (κ3) is 6.46. The highest BCUT2D eigenvalue weighted by atomic mass is 16.1. The van der Waals surface area contributed by atoms with Gasteiger partial charge in [0.15, 0.2) is 0 Å². The van der Waals surface area contributed by atoms with Crippen molar-refractivity contribution in [2.75, 3.05) is 18.4 Å². The van der Waals surface area contributed by atoms with Gasteiger partial charge < -0.3 is 5.32 Å². The topological polar surface area (TPSA) is 71.0 Å². The van der Waals surface area contributed by atoms with Crippen molar-refractivity contribution in [3.05, 3.63) is 107 Å². The zero-order valence-corrected chi connectivity index (χ0v) is 21.5. The Morgan fingerprint density at radius 1 is 0.973 bits per heavy atom. The second kappa shape index (κ2) is 11.4. The summed E-state index contributed by atoms with van der Waals surface area (Å²) in [5, 5.41) is 3.00. The van der Waals surface area contributed by atoms with Crippen LogP contribution >= 0.6 is 0 Å². The fourth-order valence-corrected chi connectivity index (χ4v) is 4.72. The van der Waals surface area contributed by atoms with Gasteiger partial charge in [-0.2, -0.15) is 0 Å². The smallest absolute Gasteiger partial charge is 0.257 e. The molecule has 1 fully saturated rings. The van der Waals surface area contributed by atoms with E-state index in [-0.39, 0.29) is 5.91 Å². The fourth-order valence-electron chi connectivity index (χ4n) is 4.72. The minimum Gasteiger partial charge on any atom is -0.322 e. The summed E-state index contributed by atoms with van der Waals surface area (Å²) < 4.78 is 0. The molecule has 1 aliphatic rings. The van der Waals surface area contributed by atoms with Crippen LogP contribution in [0.2, 0.25) is 0 Å². The lowest BCUT2D eigenvalue weighted by molar-refractivity contribution is 0.102. The molecule has 1 amide bonds. The maximum Gasteiger partial charge on any atom is 0.257 e. The van der Waals surface area contributed by atoms with Gasteiger partial charge in [0.1, 0.15) is 5.82 Å². The molecule has 2 aromatic carbocycles. The van der Waals surface area contributed by atoms with E-state index in [0.29, 0.717) is 17.8 Å². The summed E-state index contributed by atoms with van der Waals surface area (Å²) in [4.78, 5) is 29.1. The van der Waals surface area contributed by atoms with Crippen LogP contribution in [0.5, 0.6) is 0 Å². The lowest BCUT2D eigenvalue weighted by Gasteiger charge is -2.30. The van der Waals surface area contributed by atoms with Crippen molar-refractivity contribution in [3.8, 4) is 11.3 Å². The summed E-state index contributed by atoms with van der Waals surface area (Å²) in [5.74, 6) is 1.35. The molecule has 0 bridgehead atoms. The Hall–Kier alpha value is -3.90. The van der Waals surface area contributed by atoms with Crippen LogP contribution < -0.4 is 5.32 Å². The van der Waals surface area contributed by atoms with E-state index in [4.69, 9.17) is 4.98 Å². The van der Waals surface area contributed by atoms with Crippen LogP contribution in [0.4, 0.5) is 5.69 Å². The first kappa shape index (κ1) is 24.8. The number of rotatable bonds is 7. The second-order valence-electron chi connectivity index (χ2n) is 10.1. The molecule has 0 unspecified atom stereocenters. The van der Waals surface area contributed by atoms with Crippen molar-refractivity contribution in [1.29, 1.82) is 0 Å². The van der Waals surface area contributed by atoms with Gasteiger partial charge in [0.05, 0.1) is 11.3 Å². The minimum atomic E-state index is -0.179. The molecule has 0 radical (unpaired) electrons. The summed E-state index contributed by atoms with van der Waals surface area (Å²) in [6.07, 6.45) is 8.24. The fraction of sp³-hybridized carbons (Fsp3) is 0.290. The van der Waals surface area contributed by atoms with Crippen molar-refractivity contribution >= 4 is 11.6 Å². The predicted octanol–water partition coefficient (Wildman–Crippen LogP) is 5.92. The summed E-state index contributed by atoms with van der Waals surface area (Å²) in [5.41, 5.74) is 6.46. The number of pyridine rings is 1. The first-order chi connectivity index (χ1) is 18.0. The Morgan fingerprint density at radius 3 is 2.49 bits per heavy atom. The lowest BCUT2D eigenvalue weighted by atomic mass is 9.99. The first-order valence-electron chi connectivity index (χ1n) is 13.0. The number of hydrogen-bond acceptors (Lipinski definition) is 5. The molecule has 37 heavy (non-hydrogen) atoms. The van der Waals surface area contributed by atoms with E-state index in [2.05, 4.69) is 39.2 Å². The van der Waals surface area contributed by atoms with Gasteiger partial charge in [-0.15, -0.1) is 0 Å². The molecule has 4 aromatic rings. The number of piperidine rings is 1. The third-order valence-corrected chi connectivity index (χ3v) is 6.98. The molecule has 5 rings (SSSR count). The van der Waals surface area contributed by atoms with E-state index >= 15 is 0 Å². The second-order valence-corrected chi connectivity index (χ2v) is 10.1. The maximum absolute atomic E-state index is 12.9. The molecule has 1 saturated heterocycles. The summed E-state index contributed by atoms with van der Waals surface area (Å²) in [6.45, 7) is 7.62. The molecule has 0 atom stereocenters. The number of aromatic nitrogens is 3. The van der Waals surface area contributed by atoms with Crippen LogP contribution in [-0.4, -0.2) is 38.8 Å². The van der Waals surface area contributed by atoms with Gasteiger partial charge in [0, 0.05) is 42.8 Å². The van der Waals surface area contributed by atoms with E-state index in [0.717, 1.165) is 53.6 Å². The van der Waals surface area contributed by atoms with Crippen molar-refractivity contribution in [2.45, 2.75) is 39.7 Å². The quantitative estimate of drug-likeness (QED) is 0.347. The monoisotopic (exact) mass is 491 g/mol. The van der Waals surface area contributed by atoms with E-state index in [1.165, 1.54) is 18.4 Å². The molecule has 1 aliphatic heterocycles. The molecule has 0 spiro atoms. The van der Waals surface area contributed by atoms with Crippen molar-refractivity contribution in [1.82, 2.24) is 19.9 Å². The number of carbonyl (C=O) groups excluding carboxylic acids is 1. The highest BCUT2D eigenvalue weighted by Gasteiger charge is 2.16. The number of hydrogen-bond donors (Lipinski definition) is 1. The van der Waals surface area contributed by atoms with Crippen molar-refractivity contribution in [3.63, 3.8) is 0 Å².